The Bertz CT molecular complexity index is 1310. The van der Waals surface area contributed by atoms with Gasteiger partial charge in [-0.1, -0.05) is 41.5 Å². The highest BCUT2D eigenvalue weighted by atomic mass is 16.7. The van der Waals surface area contributed by atoms with Crippen LogP contribution in [0.25, 0.3) is 0 Å². The van der Waals surface area contributed by atoms with Crippen LogP contribution in [0.3, 0.4) is 0 Å². The molecule has 15 heteroatoms. The number of carbonyl (C=O) groups excluding carboxylic acids is 1. The molecule has 0 aromatic heterocycles. The summed E-state index contributed by atoms with van der Waals surface area (Å²) in [6.07, 6.45) is -5.04. The van der Waals surface area contributed by atoms with Gasteiger partial charge in [-0.15, -0.1) is 0 Å². The standard InChI is InChI=1S/C45H87N3O12/c1-17-20-48-25-27(3)38(50)44(12,52)34(18-2)58-40(51)31(7)37(59-35-24-43(11,55-16)45(53,32(8)57-35)26-46-19-21-54-15)30(6)39(42(9,10)23-28(48)4)60-41-36(49)33(47(13)14)22-29(5)56-41/h27-39,41,46,49-50,52-53H,17-26H2,1-16H3/t27-,28+,29+,30-,31+,32-,33-,34+,35+,36+,37+,38+,39+,41-,43-,44+,45+/m0/s1. The molecule has 3 fully saturated rings. The van der Waals surface area contributed by atoms with Gasteiger partial charge in [-0.25, -0.2) is 0 Å². The van der Waals surface area contributed by atoms with E-state index in [0.717, 1.165) is 13.0 Å². The average molecular weight is 862 g/mol. The maximum atomic E-state index is 14.5. The number of aliphatic hydroxyl groups excluding tert-OH is 2. The summed E-state index contributed by atoms with van der Waals surface area (Å²) in [6.45, 7) is 25.6. The van der Waals surface area contributed by atoms with E-state index in [1.807, 2.05) is 53.6 Å². The van der Waals surface area contributed by atoms with Gasteiger partial charge >= 0.3 is 5.97 Å². The molecule has 3 aliphatic rings. The van der Waals surface area contributed by atoms with E-state index in [9.17, 15) is 25.2 Å². The van der Waals surface area contributed by atoms with Crippen LogP contribution in [0.15, 0.2) is 0 Å². The normalized spacial score (nSPS) is 44.2. The lowest BCUT2D eigenvalue weighted by Gasteiger charge is -2.54. The topological polar surface area (TPSA) is 181 Å². The van der Waals surface area contributed by atoms with Gasteiger partial charge in [-0.3, -0.25) is 4.79 Å². The molecule has 0 amide bonds. The molecule has 3 saturated heterocycles. The van der Waals surface area contributed by atoms with Gasteiger partial charge in [-0.05, 0) is 99.2 Å². The first-order chi connectivity index (χ1) is 27.8. The fraction of sp³-hybridized carbons (Fsp3) is 0.978. The number of aliphatic hydroxyl groups is 4. The Kier molecular flexibility index (Phi) is 19.7. The summed E-state index contributed by atoms with van der Waals surface area (Å²) in [6, 6.07) is -0.206. The molecule has 0 spiro atoms. The van der Waals surface area contributed by atoms with Gasteiger partial charge < -0.3 is 68.7 Å². The van der Waals surface area contributed by atoms with Crippen molar-refractivity contribution in [1.82, 2.24) is 15.1 Å². The molecule has 5 N–H and O–H groups in total. The smallest absolute Gasteiger partial charge is 0.311 e. The highest BCUT2D eigenvalue weighted by Gasteiger charge is 2.58. The van der Waals surface area contributed by atoms with Crippen molar-refractivity contribution >= 4 is 5.97 Å². The van der Waals surface area contributed by atoms with Crippen LogP contribution in [0.4, 0.5) is 0 Å². The quantitative estimate of drug-likeness (QED) is 0.126. The Labute approximate surface area is 362 Å². The Hall–Kier alpha value is -1.05. The molecule has 0 aliphatic carbocycles. The number of hydrogen-bond acceptors (Lipinski definition) is 15. The predicted octanol–water partition coefficient (Wildman–Crippen LogP) is 3.56. The van der Waals surface area contributed by atoms with Crippen LogP contribution in [-0.2, 0) is 38.0 Å². The van der Waals surface area contributed by atoms with Crippen molar-refractivity contribution in [3.8, 4) is 0 Å². The van der Waals surface area contributed by atoms with Crippen LogP contribution >= 0.6 is 0 Å². The number of carbonyl (C=O) groups is 1. The molecular formula is C45H87N3O12. The predicted molar refractivity (Wildman–Crippen MR) is 230 cm³/mol. The summed E-state index contributed by atoms with van der Waals surface area (Å²) in [4.78, 5) is 18.9. The third kappa shape index (κ3) is 12.2. The van der Waals surface area contributed by atoms with Crippen molar-refractivity contribution in [2.75, 3.05) is 61.1 Å². The molecule has 0 radical (unpaired) electrons. The second kappa shape index (κ2) is 22.2. The van der Waals surface area contributed by atoms with Crippen molar-refractivity contribution in [3.05, 3.63) is 0 Å². The number of rotatable bonds is 14. The fourth-order valence-electron chi connectivity index (χ4n) is 10.3. The second-order valence-corrected chi connectivity index (χ2v) is 19.8. The number of nitrogens with one attached hydrogen (secondary N) is 1. The molecule has 60 heavy (non-hydrogen) atoms. The fourth-order valence-corrected chi connectivity index (χ4v) is 10.3. The van der Waals surface area contributed by atoms with Crippen LogP contribution in [0.5, 0.6) is 0 Å². The zero-order chi connectivity index (χ0) is 45.5. The third-order valence-electron chi connectivity index (χ3n) is 14.2. The zero-order valence-corrected chi connectivity index (χ0v) is 40.1. The lowest BCUT2D eigenvalue weighted by molar-refractivity contribution is -0.334. The van der Waals surface area contributed by atoms with E-state index in [4.69, 9.17) is 33.2 Å². The second-order valence-electron chi connectivity index (χ2n) is 19.8. The number of likely N-dealkylation sites (N-methyl/N-ethyl adjacent to an activating group) is 1. The first-order valence-corrected chi connectivity index (χ1v) is 22.6. The first kappa shape index (κ1) is 53.3. The van der Waals surface area contributed by atoms with Crippen LogP contribution in [0, 0.1) is 23.2 Å². The van der Waals surface area contributed by atoms with Gasteiger partial charge in [0.05, 0.1) is 43.0 Å². The van der Waals surface area contributed by atoms with Gasteiger partial charge in [0.1, 0.15) is 29.0 Å². The van der Waals surface area contributed by atoms with Crippen molar-refractivity contribution in [1.29, 1.82) is 0 Å². The molecule has 0 aromatic carbocycles. The molecule has 17 atom stereocenters. The molecule has 3 heterocycles. The number of ether oxygens (including phenoxy) is 7. The maximum absolute atomic E-state index is 14.5. The van der Waals surface area contributed by atoms with Crippen molar-refractivity contribution in [3.63, 3.8) is 0 Å². The molecule has 0 saturated carbocycles. The zero-order valence-electron chi connectivity index (χ0n) is 40.1. The van der Waals surface area contributed by atoms with Gasteiger partial charge in [0.2, 0.25) is 0 Å². The minimum Gasteiger partial charge on any atom is -0.459 e. The monoisotopic (exact) mass is 862 g/mol. The minimum absolute atomic E-state index is 0.00498. The molecule has 0 unspecified atom stereocenters. The molecule has 0 aromatic rings. The number of nitrogens with zero attached hydrogens (tertiary/aromatic N) is 2. The Morgan fingerprint density at radius 3 is 2.17 bits per heavy atom. The minimum atomic E-state index is -1.75. The number of hydrogen-bond donors (Lipinski definition) is 5. The summed E-state index contributed by atoms with van der Waals surface area (Å²) in [5.74, 6) is -2.45. The summed E-state index contributed by atoms with van der Waals surface area (Å²) >= 11 is 0. The molecule has 3 rings (SSSR count). The third-order valence-corrected chi connectivity index (χ3v) is 14.2. The Morgan fingerprint density at radius 1 is 0.950 bits per heavy atom. The lowest BCUT2D eigenvalue weighted by Crippen LogP contribution is -2.70. The van der Waals surface area contributed by atoms with Crippen LogP contribution < -0.4 is 5.32 Å². The van der Waals surface area contributed by atoms with Crippen LogP contribution in [0.2, 0.25) is 0 Å². The Balaban J connectivity index is 2.21. The summed E-state index contributed by atoms with van der Waals surface area (Å²) < 4.78 is 44.5. The van der Waals surface area contributed by atoms with Crippen molar-refractivity contribution in [2.24, 2.45) is 23.2 Å². The van der Waals surface area contributed by atoms with E-state index < -0.39 is 89.2 Å². The molecular weight excluding hydrogens is 775 g/mol. The summed E-state index contributed by atoms with van der Waals surface area (Å²) in [7, 11) is 7.05. The van der Waals surface area contributed by atoms with E-state index in [2.05, 4.69) is 37.9 Å². The van der Waals surface area contributed by atoms with E-state index in [0.29, 0.717) is 32.5 Å². The molecule has 15 nitrogen and oxygen atoms in total. The highest BCUT2D eigenvalue weighted by Crippen LogP contribution is 2.45. The average Bonchev–Trinajstić information content (AvgIpc) is 3.17. The van der Waals surface area contributed by atoms with Gasteiger partial charge in [0.15, 0.2) is 12.6 Å². The number of cyclic esters (lactones) is 1. The highest BCUT2D eigenvalue weighted by molar-refractivity contribution is 5.73. The largest absolute Gasteiger partial charge is 0.459 e. The van der Waals surface area contributed by atoms with Crippen molar-refractivity contribution < 1.29 is 58.4 Å². The van der Waals surface area contributed by atoms with E-state index in [1.165, 1.54) is 0 Å². The van der Waals surface area contributed by atoms with Crippen molar-refractivity contribution in [2.45, 2.75) is 199 Å². The summed E-state index contributed by atoms with van der Waals surface area (Å²) in [5, 5.41) is 50.9. The SMILES string of the molecule is CCCN1C[C@H](C)[C@@H](O)[C@](C)(O)[C@@H](CC)OC(=O)[C@H](C)[C@H](O[C@@H]2C[C@](C)(OC)[C@@](O)(CNCCOC)[C@H](C)O2)[C@H](C)[C@@H](O[C@@H]2O[C@H](C)C[C@H](N(C)C)[C@H]2O)C(C)(C)C[C@H]1C. The van der Waals surface area contributed by atoms with Gasteiger partial charge in [0, 0.05) is 58.3 Å². The van der Waals surface area contributed by atoms with Crippen LogP contribution in [-0.4, -0.2) is 181 Å². The van der Waals surface area contributed by atoms with Crippen LogP contribution in [0.1, 0.15) is 115 Å². The van der Waals surface area contributed by atoms with Gasteiger partial charge in [-0.2, -0.15) is 0 Å². The van der Waals surface area contributed by atoms with E-state index >= 15 is 0 Å². The lowest BCUT2D eigenvalue weighted by atomic mass is 9.72. The van der Waals surface area contributed by atoms with Gasteiger partial charge in [0.25, 0.3) is 0 Å². The number of esters is 1. The number of methoxy groups -OCH3 is 2. The summed E-state index contributed by atoms with van der Waals surface area (Å²) in [5.41, 5.74) is -4.95. The first-order valence-electron chi connectivity index (χ1n) is 22.6. The maximum Gasteiger partial charge on any atom is 0.311 e. The molecule has 3 aliphatic heterocycles. The Morgan fingerprint density at radius 2 is 1.60 bits per heavy atom. The van der Waals surface area contributed by atoms with E-state index in [-0.39, 0.29) is 43.5 Å². The molecule has 0 bridgehead atoms. The molecule has 354 valence electrons. The van der Waals surface area contributed by atoms with E-state index in [1.54, 1.807) is 35.0 Å².